The van der Waals surface area contributed by atoms with Crippen molar-refractivity contribution in [2.24, 2.45) is 5.92 Å². The van der Waals surface area contributed by atoms with Crippen LogP contribution in [-0.2, 0) is 0 Å². The molecule has 0 aromatic rings. The molecule has 1 atom stereocenters. The summed E-state index contributed by atoms with van der Waals surface area (Å²) in [5.41, 5.74) is 0. The molecule has 0 spiro atoms. The summed E-state index contributed by atoms with van der Waals surface area (Å²) in [5.74, 6) is 0.558. The molecule has 16 heavy (non-hydrogen) atoms. The van der Waals surface area contributed by atoms with Crippen LogP contribution >= 0.6 is 0 Å². The summed E-state index contributed by atoms with van der Waals surface area (Å²) in [4.78, 5) is 2.65. The Morgan fingerprint density at radius 3 is 2.38 bits per heavy atom. The minimum atomic E-state index is -0.0600. The molecule has 2 heterocycles. The molecular formula is C13H26N2O. The zero-order valence-corrected chi connectivity index (χ0v) is 10.5. The van der Waals surface area contributed by atoms with E-state index in [1.54, 1.807) is 0 Å². The van der Waals surface area contributed by atoms with Gasteiger partial charge in [-0.15, -0.1) is 0 Å². The van der Waals surface area contributed by atoms with Gasteiger partial charge in [-0.3, -0.25) is 0 Å². The van der Waals surface area contributed by atoms with E-state index in [2.05, 4.69) is 17.1 Å². The van der Waals surface area contributed by atoms with Crippen molar-refractivity contribution in [3.8, 4) is 0 Å². The lowest BCUT2D eigenvalue weighted by atomic mass is 9.88. The number of nitrogens with zero attached hydrogens (tertiary/aromatic N) is 1. The number of hydrogen-bond acceptors (Lipinski definition) is 3. The molecule has 2 saturated heterocycles. The second kappa shape index (κ2) is 5.99. The van der Waals surface area contributed by atoms with Gasteiger partial charge in [0.05, 0.1) is 6.10 Å². The van der Waals surface area contributed by atoms with E-state index in [-0.39, 0.29) is 6.10 Å². The number of hydrogen-bond donors (Lipinski definition) is 2. The largest absolute Gasteiger partial charge is 0.393 e. The number of nitrogens with one attached hydrogen (secondary N) is 1. The lowest BCUT2D eigenvalue weighted by Crippen LogP contribution is -2.47. The highest BCUT2D eigenvalue weighted by Gasteiger charge is 2.28. The van der Waals surface area contributed by atoms with E-state index in [1.165, 1.54) is 51.9 Å². The minimum Gasteiger partial charge on any atom is -0.393 e. The lowest BCUT2D eigenvalue weighted by molar-refractivity contribution is 0.0382. The molecule has 94 valence electrons. The predicted octanol–water partition coefficient (Wildman–Crippen LogP) is 1.22. The third-order valence-corrected chi connectivity index (χ3v) is 4.36. The first-order chi connectivity index (χ1) is 7.81. The van der Waals surface area contributed by atoms with Crippen LogP contribution in [0.1, 0.15) is 39.0 Å². The summed E-state index contributed by atoms with van der Waals surface area (Å²) < 4.78 is 0. The standard InChI is InChI=1S/C13H26N2O/c1-2-13(16)11-5-9-15(10-6-11)12-3-7-14-8-4-12/h11-14,16H,2-10H2,1H3/t13-/m1/s1. The van der Waals surface area contributed by atoms with E-state index in [0.717, 1.165) is 12.5 Å². The predicted molar refractivity (Wildman–Crippen MR) is 66.5 cm³/mol. The highest BCUT2D eigenvalue weighted by atomic mass is 16.3. The summed E-state index contributed by atoms with van der Waals surface area (Å²) in [6, 6.07) is 0.806. The van der Waals surface area contributed by atoms with Crippen molar-refractivity contribution < 1.29 is 5.11 Å². The number of likely N-dealkylation sites (tertiary alicyclic amines) is 1. The van der Waals surface area contributed by atoms with Gasteiger partial charge in [0.1, 0.15) is 0 Å². The van der Waals surface area contributed by atoms with Gasteiger partial charge < -0.3 is 15.3 Å². The average molecular weight is 226 g/mol. The smallest absolute Gasteiger partial charge is 0.0566 e. The van der Waals surface area contributed by atoms with Gasteiger partial charge in [0, 0.05) is 6.04 Å². The van der Waals surface area contributed by atoms with Crippen molar-refractivity contribution in [2.75, 3.05) is 26.2 Å². The van der Waals surface area contributed by atoms with E-state index in [9.17, 15) is 5.11 Å². The second-order valence-corrected chi connectivity index (χ2v) is 5.33. The molecule has 0 saturated carbocycles. The maximum Gasteiger partial charge on any atom is 0.0566 e. The Kier molecular flexibility index (Phi) is 4.62. The van der Waals surface area contributed by atoms with E-state index >= 15 is 0 Å². The molecule has 2 fully saturated rings. The maximum atomic E-state index is 9.85. The van der Waals surface area contributed by atoms with Gasteiger partial charge in [0.15, 0.2) is 0 Å². The summed E-state index contributed by atoms with van der Waals surface area (Å²) in [6.45, 7) is 6.85. The first-order valence-corrected chi connectivity index (χ1v) is 6.94. The molecule has 0 unspecified atom stereocenters. The summed E-state index contributed by atoms with van der Waals surface area (Å²) in [7, 11) is 0. The molecule has 3 heteroatoms. The zero-order valence-electron chi connectivity index (χ0n) is 10.5. The van der Waals surface area contributed by atoms with Gasteiger partial charge >= 0.3 is 0 Å². The van der Waals surface area contributed by atoms with Crippen molar-refractivity contribution >= 4 is 0 Å². The topological polar surface area (TPSA) is 35.5 Å². The zero-order chi connectivity index (χ0) is 11.4. The average Bonchev–Trinajstić information content (AvgIpc) is 2.39. The molecule has 0 bridgehead atoms. The van der Waals surface area contributed by atoms with Gasteiger partial charge in [-0.2, -0.15) is 0 Å². The molecule has 0 aromatic carbocycles. The van der Waals surface area contributed by atoms with Gasteiger partial charge in [-0.25, -0.2) is 0 Å². The highest BCUT2D eigenvalue weighted by molar-refractivity contribution is 4.83. The van der Waals surface area contributed by atoms with Gasteiger partial charge in [-0.1, -0.05) is 6.92 Å². The lowest BCUT2D eigenvalue weighted by Gasteiger charge is -2.40. The Bertz CT molecular complexity index is 196. The number of piperidine rings is 2. The first kappa shape index (κ1) is 12.3. The number of aliphatic hydroxyl groups is 1. The minimum absolute atomic E-state index is 0.0600. The van der Waals surface area contributed by atoms with Crippen molar-refractivity contribution in [3.05, 3.63) is 0 Å². The third-order valence-electron chi connectivity index (χ3n) is 4.36. The molecule has 2 aliphatic heterocycles. The Labute approximate surface area is 99.2 Å². The van der Waals surface area contributed by atoms with Crippen LogP contribution in [0.2, 0.25) is 0 Å². The molecule has 0 aliphatic carbocycles. The molecule has 0 radical (unpaired) electrons. The van der Waals surface area contributed by atoms with Crippen LogP contribution in [0, 0.1) is 5.92 Å². The number of aliphatic hydroxyl groups excluding tert-OH is 1. The van der Waals surface area contributed by atoms with Crippen molar-refractivity contribution in [3.63, 3.8) is 0 Å². The van der Waals surface area contributed by atoms with Crippen molar-refractivity contribution in [1.82, 2.24) is 10.2 Å². The Balaban J connectivity index is 1.75. The molecular weight excluding hydrogens is 200 g/mol. The summed E-state index contributed by atoms with van der Waals surface area (Å²) in [5, 5.41) is 13.3. The van der Waals surface area contributed by atoms with Crippen molar-refractivity contribution in [1.29, 1.82) is 0 Å². The van der Waals surface area contributed by atoms with Crippen LogP contribution < -0.4 is 5.32 Å². The van der Waals surface area contributed by atoms with Crippen molar-refractivity contribution in [2.45, 2.75) is 51.2 Å². The molecule has 2 rings (SSSR count). The molecule has 3 nitrogen and oxygen atoms in total. The maximum absolute atomic E-state index is 9.85. The van der Waals surface area contributed by atoms with E-state index in [4.69, 9.17) is 0 Å². The Morgan fingerprint density at radius 1 is 1.19 bits per heavy atom. The van der Waals surface area contributed by atoms with Crippen LogP contribution in [0.25, 0.3) is 0 Å². The highest BCUT2D eigenvalue weighted by Crippen LogP contribution is 2.25. The normalized spacial score (nSPS) is 28.1. The molecule has 0 amide bonds. The summed E-state index contributed by atoms with van der Waals surface area (Å²) in [6.07, 6.45) is 5.85. The van der Waals surface area contributed by atoms with Crippen LogP contribution in [0.15, 0.2) is 0 Å². The molecule has 2 aliphatic rings. The number of rotatable bonds is 3. The van der Waals surface area contributed by atoms with E-state index in [0.29, 0.717) is 5.92 Å². The third kappa shape index (κ3) is 2.96. The van der Waals surface area contributed by atoms with Crippen LogP contribution in [-0.4, -0.2) is 48.3 Å². The van der Waals surface area contributed by atoms with Gasteiger partial charge in [-0.05, 0) is 64.2 Å². The van der Waals surface area contributed by atoms with Crippen LogP contribution in [0.5, 0.6) is 0 Å². The van der Waals surface area contributed by atoms with Gasteiger partial charge in [0.2, 0.25) is 0 Å². The SMILES string of the molecule is CC[C@@H](O)C1CCN(C2CCNCC2)CC1. The van der Waals surface area contributed by atoms with Crippen LogP contribution in [0.3, 0.4) is 0 Å². The Hall–Kier alpha value is -0.120. The van der Waals surface area contributed by atoms with E-state index < -0.39 is 0 Å². The fourth-order valence-electron chi connectivity index (χ4n) is 3.17. The molecule has 0 aromatic heterocycles. The van der Waals surface area contributed by atoms with Gasteiger partial charge in [0.25, 0.3) is 0 Å². The molecule has 2 N–H and O–H groups in total. The summed E-state index contributed by atoms with van der Waals surface area (Å²) >= 11 is 0. The fraction of sp³-hybridized carbons (Fsp3) is 1.00. The second-order valence-electron chi connectivity index (χ2n) is 5.33. The Morgan fingerprint density at radius 2 is 1.81 bits per heavy atom. The van der Waals surface area contributed by atoms with Crippen LogP contribution in [0.4, 0.5) is 0 Å². The van der Waals surface area contributed by atoms with E-state index in [1.807, 2.05) is 0 Å². The monoisotopic (exact) mass is 226 g/mol. The fourth-order valence-corrected chi connectivity index (χ4v) is 3.17. The quantitative estimate of drug-likeness (QED) is 0.759. The first-order valence-electron chi connectivity index (χ1n) is 6.94.